The molecular weight excluding hydrogens is 280 g/mol. The van der Waals surface area contributed by atoms with Gasteiger partial charge in [0.15, 0.2) is 0 Å². The van der Waals surface area contributed by atoms with Crippen LogP contribution in [0.25, 0.3) is 0 Å². The largest absolute Gasteiger partial charge is 0.375 e. The molecule has 0 radical (unpaired) electrons. The zero-order valence-corrected chi connectivity index (χ0v) is 13.2. The second-order valence-electron chi connectivity index (χ2n) is 6.21. The fourth-order valence-electron chi connectivity index (χ4n) is 3.07. The Labute approximate surface area is 131 Å². The van der Waals surface area contributed by atoms with Crippen molar-refractivity contribution in [3.8, 4) is 0 Å². The number of ether oxygens (including phenoxy) is 1. The van der Waals surface area contributed by atoms with Crippen molar-refractivity contribution < 1.29 is 9.53 Å². The summed E-state index contributed by atoms with van der Waals surface area (Å²) in [7, 11) is 0. The number of hydrogen-bond donors (Lipinski definition) is 1. The van der Waals surface area contributed by atoms with Gasteiger partial charge in [0.25, 0.3) is 0 Å². The molecule has 3 atom stereocenters. The lowest BCUT2D eigenvalue weighted by Crippen LogP contribution is -2.55. The normalized spacial score (nSPS) is 28.7. The molecule has 0 saturated carbocycles. The Bertz CT molecular complexity index is 510. The Morgan fingerprint density at radius 3 is 3.00 bits per heavy atom. The van der Waals surface area contributed by atoms with Gasteiger partial charge in [-0.1, -0.05) is 6.07 Å². The maximum atomic E-state index is 12.5. The number of pyridine rings is 1. The van der Waals surface area contributed by atoms with Crippen LogP contribution < -0.4 is 10.2 Å². The lowest BCUT2D eigenvalue weighted by molar-refractivity contribution is -0.0320. The Kier molecular flexibility index (Phi) is 4.47. The standard InChI is InChI=1S/C16H24N4O2/c1-12-11-22-13(2)9-20(12)16(21)18-14-6-8-19(10-14)15-5-3-4-7-17-15/h3-5,7,12-14H,6,8-11H2,1-2H3,(H,18,21)/t12-,13-,14+/m1/s1. The summed E-state index contributed by atoms with van der Waals surface area (Å²) in [6.45, 7) is 7.04. The summed E-state index contributed by atoms with van der Waals surface area (Å²) in [5.74, 6) is 0.979. The molecule has 6 nitrogen and oxygen atoms in total. The van der Waals surface area contributed by atoms with E-state index in [9.17, 15) is 4.79 Å². The number of carbonyl (C=O) groups excluding carboxylic acids is 1. The zero-order chi connectivity index (χ0) is 15.5. The highest BCUT2D eigenvalue weighted by Gasteiger charge is 2.31. The van der Waals surface area contributed by atoms with Crippen LogP contribution in [0.4, 0.5) is 10.6 Å². The molecule has 22 heavy (non-hydrogen) atoms. The minimum atomic E-state index is 0.0236. The first-order chi connectivity index (χ1) is 10.6. The first-order valence-electron chi connectivity index (χ1n) is 7.98. The molecule has 2 fully saturated rings. The van der Waals surface area contributed by atoms with Crippen molar-refractivity contribution in [2.45, 2.75) is 38.5 Å². The summed E-state index contributed by atoms with van der Waals surface area (Å²) in [6, 6.07) is 6.25. The first kappa shape index (κ1) is 15.1. The Hall–Kier alpha value is -1.82. The smallest absolute Gasteiger partial charge is 0.318 e. The molecule has 2 amide bonds. The predicted molar refractivity (Wildman–Crippen MR) is 85.0 cm³/mol. The SMILES string of the molecule is C[C@@H]1CN(C(=O)N[C@H]2CCN(c3ccccn3)C2)[C@H](C)CO1. The van der Waals surface area contributed by atoms with Crippen molar-refractivity contribution in [1.29, 1.82) is 0 Å². The molecule has 0 bridgehead atoms. The van der Waals surface area contributed by atoms with Crippen molar-refractivity contribution >= 4 is 11.8 Å². The lowest BCUT2D eigenvalue weighted by atomic mass is 10.2. The summed E-state index contributed by atoms with van der Waals surface area (Å²) in [6.07, 6.45) is 2.87. The number of anilines is 1. The topological polar surface area (TPSA) is 57.7 Å². The summed E-state index contributed by atoms with van der Waals surface area (Å²) >= 11 is 0. The van der Waals surface area contributed by atoms with Crippen molar-refractivity contribution in [2.24, 2.45) is 0 Å². The number of morpholine rings is 1. The van der Waals surface area contributed by atoms with Gasteiger partial charge in [-0.15, -0.1) is 0 Å². The molecule has 1 aromatic rings. The van der Waals surface area contributed by atoms with Gasteiger partial charge in [0.05, 0.1) is 18.8 Å². The molecule has 0 spiro atoms. The number of rotatable bonds is 2. The van der Waals surface area contributed by atoms with Crippen LogP contribution in [-0.4, -0.2) is 60.3 Å². The van der Waals surface area contributed by atoms with Gasteiger partial charge < -0.3 is 19.9 Å². The average molecular weight is 304 g/mol. The third-order valence-corrected chi connectivity index (χ3v) is 4.36. The second kappa shape index (κ2) is 6.52. The number of nitrogens with zero attached hydrogens (tertiary/aromatic N) is 3. The molecule has 0 aromatic carbocycles. The molecule has 3 rings (SSSR count). The Morgan fingerprint density at radius 1 is 1.36 bits per heavy atom. The van der Waals surface area contributed by atoms with E-state index in [4.69, 9.17) is 4.74 Å². The molecule has 2 aliphatic heterocycles. The molecule has 120 valence electrons. The molecule has 0 unspecified atom stereocenters. The maximum Gasteiger partial charge on any atom is 0.318 e. The maximum absolute atomic E-state index is 12.5. The summed E-state index contributed by atoms with van der Waals surface area (Å²) < 4.78 is 5.58. The van der Waals surface area contributed by atoms with Gasteiger partial charge >= 0.3 is 6.03 Å². The number of amides is 2. The molecule has 6 heteroatoms. The zero-order valence-electron chi connectivity index (χ0n) is 13.2. The van der Waals surface area contributed by atoms with Crippen LogP contribution in [0, 0.1) is 0 Å². The highest BCUT2D eigenvalue weighted by atomic mass is 16.5. The van der Waals surface area contributed by atoms with Crippen molar-refractivity contribution in [3.05, 3.63) is 24.4 Å². The van der Waals surface area contributed by atoms with Crippen LogP contribution in [0.1, 0.15) is 20.3 Å². The average Bonchev–Trinajstić information content (AvgIpc) is 2.99. The molecule has 1 aromatic heterocycles. The second-order valence-corrected chi connectivity index (χ2v) is 6.21. The highest BCUT2D eigenvalue weighted by molar-refractivity contribution is 5.75. The van der Waals surface area contributed by atoms with Crippen LogP contribution in [0.15, 0.2) is 24.4 Å². The van der Waals surface area contributed by atoms with Crippen LogP contribution >= 0.6 is 0 Å². The summed E-state index contributed by atoms with van der Waals surface area (Å²) in [5, 5.41) is 3.16. The van der Waals surface area contributed by atoms with Crippen LogP contribution in [-0.2, 0) is 4.74 Å². The van der Waals surface area contributed by atoms with Crippen molar-refractivity contribution in [3.63, 3.8) is 0 Å². The number of aromatic nitrogens is 1. The number of hydrogen-bond acceptors (Lipinski definition) is 4. The third kappa shape index (κ3) is 3.32. The van der Waals surface area contributed by atoms with E-state index in [1.807, 2.05) is 36.9 Å². The molecule has 1 N–H and O–H groups in total. The molecule has 2 saturated heterocycles. The van der Waals surface area contributed by atoms with Crippen LogP contribution in [0.3, 0.4) is 0 Å². The highest BCUT2D eigenvalue weighted by Crippen LogP contribution is 2.18. The van der Waals surface area contributed by atoms with Gasteiger partial charge in [-0.05, 0) is 32.4 Å². The fraction of sp³-hybridized carbons (Fsp3) is 0.625. The van der Waals surface area contributed by atoms with E-state index in [0.717, 1.165) is 25.3 Å². The number of carbonyl (C=O) groups is 1. The van der Waals surface area contributed by atoms with Crippen molar-refractivity contribution in [2.75, 3.05) is 31.1 Å². The van der Waals surface area contributed by atoms with Crippen molar-refractivity contribution in [1.82, 2.24) is 15.2 Å². The van der Waals surface area contributed by atoms with Gasteiger partial charge in [-0.3, -0.25) is 0 Å². The molecule has 2 aliphatic rings. The van der Waals surface area contributed by atoms with E-state index < -0.39 is 0 Å². The van der Waals surface area contributed by atoms with E-state index >= 15 is 0 Å². The van der Waals surface area contributed by atoms with E-state index in [0.29, 0.717) is 13.2 Å². The van der Waals surface area contributed by atoms with E-state index in [2.05, 4.69) is 15.2 Å². The van der Waals surface area contributed by atoms with Crippen LogP contribution in [0.5, 0.6) is 0 Å². The fourth-order valence-corrected chi connectivity index (χ4v) is 3.07. The van der Waals surface area contributed by atoms with Gasteiger partial charge in [-0.2, -0.15) is 0 Å². The van der Waals surface area contributed by atoms with Gasteiger partial charge in [-0.25, -0.2) is 9.78 Å². The van der Waals surface area contributed by atoms with Gasteiger partial charge in [0, 0.05) is 31.9 Å². The Morgan fingerprint density at radius 2 is 2.23 bits per heavy atom. The van der Waals surface area contributed by atoms with Gasteiger partial charge in [0.1, 0.15) is 5.82 Å². The van der Waals surface area contributed by atoms with Crippen LogP contribution in [0.2, 0.25) is 0 Å². The van der Waals surface area contributed by atoms with E-state index in [-0.39, 0.29) is 24.2 Å². The third-order valence-electron chi connectivity index (χ3n) is 4.36. The number of nitrogens with one attached hydrogen (secondary N) is 1. The Balaban J connectivity index is 1.54. The minimum Gasteiger partial charge on any atom is -0.375 e. The summed E-state index contributed by atoms with van der Waals surface area (Å²) in [5.41, 5.74) is 0. The number of urea groups is 1. The van der Waals surface area contributed by atoms with E-state index in [1.165, 1.54) is 0 Å². The minimum absolute atomic E-state index is 0.0236. The predicted octanol–water partition coefficient (Wildman–Crippen LogP) is 1.48. The summed E-state index contributed by atoms with van der Waals surface area (Å²) in [4.78, 5) is 21.0. The molecule has 0 aliphatic carbocycles. The monoisotopic (exact) mass is 304 g/mol. The van der Waals surface area contributed by atoms with Gasteiger partial charge in [0.2, 0.25) is 0 Å². The van der Waals surface area contributed by atoms with E-state index in [1.54, 1.807) is 6.20 Å². The quantitative estimate of drug-likeness (QED) is 0.899. The molecule has 3 heterocycles. The molecular formula is C16H24N4O2. The lowest BCUT2D eigenvalue weighted by Gasteiger charge is -2.37. The first-order valence-corrected chi connectivity index (χ1v) is 7.98.